The van der Waals surface area contributed by atoms with Gasteiger partial charge < -0.3 is 15.6 Å². The van der Waals surface area contributed by atoms with Gasteiger partial charge in [0.15, 0.2) is 0 Å². The molecule has 0 bridgehead atoms. The van der Waals surface area contributed by atoms with Crippen LogP contribution in [0.15, 0.2) is 24.3 Å². The van der Waals surface area contributed by atoms with E-state index in [9.17, 15) is 4.79 Å². The van der Waals surface area contributed by atoms with Crippen LogP contribution in [0.25, 0.3) is 10.9 Å². The molecule has 3 N–H and O–H groups in total. The number of hydrogen-bond donors (Lipinski definition) is 2. The van der Waals surface area contributed by atoms with Crippen LogP contribution < -0.4 is 10.5 Å². The third-order valence-corrected chi connectivity index (χ3v) is 2.93. The molecule has 0 spiro atoms. The lowest BCUT2D eigenvalue weighted by Crippen LogP contribution is -2.32. The maximum atomic E-state index is 10.8. The number of pyridine rings is 1. The predicted molar refractivity (Wildman–Crippen MR) is 72.3 cm³/mol. The minimum Gasteiger partial charge on any atom is -0.494 e. The molecule has 1 unspecified atom stereocenters. The molecule has 2 aromatic rings. The molecule has 0 aliphatic carbocycles. The number of carboxylic acids is 1. The number of aryl methyl sites for hydroxylation is 1. The summed E-state index contributed by atoms with van der Waals surface area (Å²) in [6.07, 6.45) is 0.197. The van der Waals surface area contributed by atoms with E-state index < -0.39 is 12.0 Å². The second-order valence-electron chi connectivity index (χ2n) is 4.49. The number of ether oxygens (including phenoxy) is 1. The molecule has 19 heavy (non-hydrogen) atoms. The molecule has 0 saturated heterocycles. The van der Waals surface area contributed by atoms with E-state index in [1.807, 2.05) is 25.1 Å². The number of aliphatic carboxylic acids is 1. The van der Waals surface area contributed by atoms with Gasteiger partial charge in [-0.05, 0) is 30.7 Å². The zero-order chi connectivity index (χ0) is 14.0. The highest BCUT2D eigenvalue weighted by molar-refractivity contribution is 5.85. The van der Waals surface area contributed by atoms with Crippen LogP contribution in [0.3, 0.4) is 0 Å². The number of hydrogen-bond acceptors (Lipinski definition) is 4. The molecule has 1 aromatic carbocycles. The number of carboxylic acid groups (broad SMARTS) is 1. The first-order chi connectivity index (χ1) is 9.01. The Bertz CT molecular complexity index is 625. The summed E-state index contributed by atoms with van der Waals surface area (Å²) in [6, 6.07) is 6.66. The standard InChI is InChI=1S/C14H16N2O3/c1-8-5-9-3-4-10(7-11(15)14(17)18)16-13(9)12(6-8)19-2/h3-6,11H,7,15H2,1-2H3,(H,17,18). The fourth-order valence-corrected chi connectivity index (χ4v) is 1.97. The Balaban J connectivity index is 2.44. The third-order valence-electron chi connectivity index (χ3n) is 2.93. The summed E-state index contributed by atoms with van der Waals surface area (Å²) in [4.78, 5) is 15.2. The van der Waals surface area contributed by atoms with Gasteiger partial charge in [0.05, 0.1) is 7.11 Å². The number of nitrogens with zero attached hydrogens (tertiary/aromatic N) is 1. The van der Waals surface area contributed by atoms with Gasteiger partial charge in [-0.3, -0.25) is 4.79 Å². The lowest BCUT2D eigenvalue weighted by Gasteiger charge is -2.10. The third kappa shape index (κ3) is 2.82. The van der Waals surface area contributed by atoms with Crippen LogP contribution in [0.4, 0.5) is 0 Å². The lowest BCUT2D eigenvalue weighted by atomic mass is 10.1. The average molecular weight is 260 g/mol. The van der Waals surface area contributed by atoms with E-state index in [-0.39, 0.29) is 6.42 Å². The molecule has 5 nitrogen and oxygen atoms in total. The first-order valence-electron chi connectivity index (χ1n) is 5.94. The lowest BCUT2D eigenvalue weighted by molar-refractivity contribution is -0.138. The summed E-state index contributed by atoms with van der Waals surface area (Å²) in [7, 11) is 1.59. The Morgan fingerprint density at radius 1 is 1.47 bits per heavy atom. The molecule has 0 radical (unpaired) electrons. The van der Waals surface area contributed by atoms with Crippen LogP contribution in [-0.2, 0) is 11.2 Å². The van der Waals surface area contributed by atoms with Gasteiger partial charge in [0.25, 0.3) is 0 Å². The normalized spacial score (nSPS) is 12.4. The van der Waals surface area contributed by atoms with Crippen molar-refractivity contribution in [2.45, 2.75) is 19.4 Å². The summed E-state index contributed by atoms with van der Waals surface area (Å²) >= 11 is 0. The number of nitrogens with two attached hydrogens (primary N) is 1. The van der Waals surface area contributed by atoms with Gasteiger partial charge in [0.1, 0.15) is 17.3 Å². The highest BCUT2D eigenvalue weighted by Gasteiger charge is 2.14. The summed E-state index contributed by atoms with van der Waals surface area (Å²) < 4.78 is 5.31. The first-order valence-corrected chi connectivity index (χ1v) is 5.94. The van der Waals surface area contributed by atoms with E-state index in [1.165, 1.54) is 0 Å². The van der Waals surface area contributed by atoms with Crippen molar-refractivity contribution in [1.29, 1.82) is 0 Å². The van der Waals surface area contributed by atoms with E-state index in [0.29, 0.717) is 11.4 Å². The Morgan fingerprint density at radius 2 is 2.21 bits per heavy atom. The molecule has 0 fully saturated rings. The van der Waals surface area contributed by atoms with E-state index in [4.69, 9.17) is 15.6 Å². The summed E-state index contributed by atoms with van der Waals surface area (Å²) in [5.41, 5.74) is 7.97. The molecule has 5 heteroatoms. The molecule has 1 aromatic heterocycles. The fraction of sp³-hybridized carbons (Fsp3) is 0.286. The average Bonchev–Trinajstić information content (AvgIpc) is 2.37. The number of carbonyl (C=O) groups is 1. The largest absolute Gasteiger partial charge is 0.494 e. The Hall–Kier alpha value is -2.14. The van der Waals surface area contributed by atoms with E-state index >= 15 is 0 Å². The SMILES string of the molecule is COc1cc(C)cc2ccc(CC(N)C(=O)O)nc12. The minimum atomic E-state index is -1.03. The van der Waals surface area contributed by atoms with Crippen LogP contribution >= 0.6 is 0 Å². The van der Waals surface area contributed by atoms with Gasteiger partial charge in [-0.15, -0.1) is 0 Å². The van der Waals surface area contributed by atoms with Gasteiger partial charge in [0, 0.05) is 17.5 Å². The smallest absolute Gasteiger partial charge is 0.320 e. The van der Waals surface area contributed by atoms with E-state index in [0.717, 1.165) is 16.5 Å². The number of fused-ring (bicyclic) bond motifs is 1. The molecule has 100 valence electrons. The predicted octanol–water partition coefficient (Wildman–Crippen LogP) is 1.51. The number of methoxy groups -OCH3 is 1. The van der Waals surface area contributed by atoms with Gasteiger partial charge in [-0.25, -0.2) is 4.98 Å². The Kier molecular flexibility index (Phi) is 3.66. The highest BCUT2D eigenvalue weighted by Crippen LogP contribution is 2.26. The molecular formula is C14H16N2O3. The quantitative estimate of drug-likeness (QED) is 0.870. The van der Waals surface area contributed by atoms with Crippen molar-refractivity contribution < 1.29 is 14.6 Å². The molecule has 1 heterocycles. The summed E-state index contributed by atoms with van der Waals surface area (Å²) in [6.45, 7) is 1.98. The minimum absolute atomic E-state index is 0.197. The second kappa shape index (κ2) is 5.24. The van der Waals surface area contributed by atoms with Gasteiger partial charge >= 0.3 is 5.97 Å². The number of aromatic nitrogens is 1. The maximum absolute atomic E-state index is 10.8. The molecule has 0 aliphatic rings. The van der Waals surface area contributed by atoms with Crippen molar-refractivity contribution in [2.24, 2.45) is 5.73 Å². The van der Waals surface area contributed by atoms with Crippen molar-refractivity contribution in [3.05, 3.63) is 35.5 Å². The summed E-state index contributed by atoms with van der Waals surface area (Å²) in [5.74, 6) is -0.349. The zero-order valence-corrected chi connectivity index (χ0v) is 10.9. The van der Waals surface area contributed by atoms with Crippen molar-refractivity contribution in [1.82, 2.24) is 4.98 Å². The Morgan fingerprint density at radius 3 is 2.84 bits per heavy atom. The van der Waals surface area contributed by atoms with Crippen molar-refractivity contribution in [3.8, 4) is 5.75 Å². The van der Waals surface area contributed by atoms with Crippen molar-refractivity contribution in [2.75, 3.05) is 7.11 Å². The summed E-state index contributed by atoms with van der Waals surface area (Å²) in [5, 5.41) is 9.78. The van der Waals surface area contributed by atoms with Crippen LogP contribution in [0.2, 0.25) is 0 Å². The Labute approximate surface area is 111 Å². The molecular weight excluding hydrogens is 244 g/mol. The molecule has 0 aliphatic heterocycles. The van der Waals surface area contributed by atoms with Gasteiger partial charge in [0.2, 0.25) is 0 Å². The van der Waals surface area contributed by atoms with Crippen LogP contribution in [0.5, 0.6) is 5.75 Å². The zero-order valence-electron chi connectivity index (χ0n) is 10.9. The van der Waals surface area contributed by atoms with Gasteiger partial charge in [-0.2, -0.15) is 0 Å². The molecule has 0 saturated carbocycles. The molecule has 2 rings (SSSR count). The monoisotopic (exact) mass is 260 g/mol. The van der Waals surface area contributed by atoms with Gasteiger partial charge in [-0.1, -0.05) is 6.07 Å². The van der Waals surface area contributed by atoms with Crippen molar-refractivity contribution in [3.63, 3.8) is 0 Å². The number of rotatable bonds is 4. The van der Waals surface area contributed by atoms with E-state index in [1.54, 1.807) is 13.2 Å². The second-order valence-corrected chi connectivity index (χ2v) is 4.49. The number of benzene rings is 1. The first kappa shape index (κ1) is 13.3. The maximum Gasteiger partial charge on any atom is 0.320 e. The van der Waals surface area contributed by atoms with Crippen LogP contribution in [0.1, 0.15) is 11.3 Å². The fourth-order valence-electron chi connectivity index (χ4n) is 1.97. The molecule has 1 atom stereocenters. The van der Waals surface area contributed by atoms with Crippen LogP contribution in [-0.4, -0.2) is 29.2 Å². The van der Waals surface area contributed by atoms with Crippen molar-refractivity contribution >= 4 is 16.9 Å². The van der Waals surface area contributed by atoms with Crippen LogP contribution in [0, 0.1) is 6.92 Å². The van der Waals surface area contributed by atoms with E-state index in [2.05, 4.69) is 4.98 Å². The highest BCUT2D eigenvalue weighted by atomic mass is 16.5. The topological polar surface area (TPSA) is 85.4 Å². The molecule has 0 amide bonds.